The Hall–Kier alpha value is -2.04. The lowest BCUT2D eigenvalue weighted by molar-refractivity contribution is -0.141. The number of esters is 1. The summed E-state index contributed by atoms with van der Waals surface area (Å²) in [4.78, 5) is 22.4. The van der Waals surface area contributed by atoms with Crippen molar-refractivity contribution in [3.05, 3.63) is 35.5 Å². The van der Waals surface area contributed by atoms with Gasteiger partial charge in [0.1, 0.15) is 5.76 Å². The van der Waals surface area contributed by atoms with Gasteiger partial charge < -0.3 is 14.3 Å². The fraction of sp³-hybridized carbons (Fsp3) is 0.273. The Morgan fingerprint density at radius 3 is 2.69 bits per heavy atom. The Balaban J connectivity index is 2.76. The zero-order valence-corrected chi connectivity index (χ0v) is 9.02. The molecule has 5 nitrogen and oxygen atoms in total. The molecular formula is C11H12O5. The molecule has 0 aliphatic carbocycles. The maximum atomic E-state index is 11.4. The second kappa shape index (κ2) is 5.16. The number of rotatable bonds is 4. The van der Waals surface area contributed by atoms with Crippen molar-refractivity contribution in [2.45, 2.75) is 13.8 Å². The molecule has 1 N–H and O–H groups in total. The third-order valence-electron chi connectivity index (χ3n) is 1.74. The number of carbonyl (C=O) groups is 2. The summed E-state index contributed by atoms with van der Waals surface area (Å²) in [5.74, 6) is -1.61. The summed E-state index contributed by atoms with van der Waals surface area (Å²) in [5.41, 5.74) is 0. The SMILES string of the molecule is CCOC(=O)C(O)=CC(=O)c1ccc(C)o1. The standard InChI is InChI=1S/C11H12O5/c1-3-15-11(14)9(13)6-8(12)10-5-4-7(2)16-10/h4-6,13H,3H2,1-2H3. The summed E-state index contributed by atoms with van der Waals surface area (Å²) in [6, 6.07) is 3.08. The number of aryl methyl sites for hydroxylation is 1. The van der Waals surface area contributed by atoms with E-state index in [9.17, 15) is 14.7 Å². The Morgan fingerprint density at radius 1 is 1.50 bits per heavy atom. The van der Waals surface area contributed by atoms with Crippen molar-refractivity contribution >= 4 is 11.8 Å². The van der Waals surface area contributed by atoms with Crippen LogP contribution in [-0.2, 0) is 9.53 Å². The van der Waals surface area contributed by atoms with Gasteiger partial charge in [-0.25, -0.2) is 4.79 Å². The molecule has 1 aromatic rings. The second-order valence-electron chi connectivity index (χ2n) is 3.02. The van der Waals surface area contributed by atoms with Gasteiger partial charge in [0, 0.05) is 6.08 Å². The summed E-state index contributed by atoms with van der Waals surface area (Å²) in [6.45, 7) is 3.42. The molecule has 0 aliphatic rings. The van der Waals surface area contributed by atoms with Crippen LogP contribution in [0.5, 0.6) is 0 Å². The summed E-state index contributed by atoms with van der Waals surface area (Å²) >= 11 is 0. The summed E-state index contributed by atoms with van der Waals surface area (Å²) < 4.78 is 9.53. The number of hydrogen-bond donors (Lipinski definition) is 1. The van der Waals surface area contributed by atoms with Crippen molar-refractivity contribution in [1.29, 1.82) is 0 Å². The van der Waals surface area contributed by atoms with E-state index in [4.69, 9.17) is 4.42 Å². The second-order valence-corrected chi connectivity index (χ2v) is 3.02. The van der Waals surface area contributed by atoms with Crippen LogP contribution in [0.3, 0.4) is 0 Å². The molecule has 0 atom stereocenters. The zero-order valence-electron chi connectivity index (χ0n) is 9.02. The molecule has 0 amide bonds. The average Bonchev–Trinajstić information content (AvgIpc) is 2.65. The first kappa shape index (κ1) is 12.0. The molecule has 16 heavy (non-hydrogen) atoms. The molecule has 0 saturated carbocycles. The van der Waals surface area contributed by atoms with E-state index in [-0.39, 0.29) is 12.4 Å². The van der Waals surface area contributed by atoms with Crippen LogP contribution in [0.2, 0.25) is 0 Å². The van der Waals surface area contributed by atoms with Gasteiger partial charge in [-0.15, -0.1) is 0 Å². The van der Waals surface area contributed by atoms with E-state index in [1.165, 1.54) is 6.07 Å². The van der Waals surface area contributed by atoms with Crippen molar-refractivity contribution < 1.29 is 23.8 Å². The summed E-state index contributed by atoms with van der Waals surface area (Å²) in [5, 5.41) is 9.21. The number of aliphatic hydroxyl groups is 1. The molecule has 0 bridgehead atoms. The van der Waals surface area contributed by atoms with E-state index in [2.05, 4.69) is 4.74 Å². The van der Waals surface area contributed by atoms with Crippen LogP contribution >= 0.6 is 0 Å². The minimum absolute atomic E-state index is 0.0633. The molecule has 1 rings (SSSR count). The lowest BCUT2D eigenvalue weighted by atomic mass is 10.2. The van der Waals surface area contributed by atoms with Crippen molar-refractivity contribution in [3.63, 3.8) is 0 Å². The van der Waals surface area contributed by atoms with Crippen molar-refractivity contribution in [2.24, 2.45) is 0 Å². The highest BCUT2D eigenvalue weighted by Crippen LogP contribution is 2.08. The molecule has 0 aromatic carbocycles. The zero-order chi connectivity index (χ0) is 12.1. The fourth-order valence-corrected chi connectivity index (χ4v) is 1.03. The predicted octanol–water partition coefficient (Wildman–Crippen LogP) is 1.78. The van der Waals surface area contributed by atoms with Crippen LogP contribution in [0.1, 0.15) is 23.2 Å². The minimum Gasteiger partial charge on any atom is -0.502 e. The predicted molar refractivity (Wildman–Crippen MR) is 55.1 cm³/mol. The summed E-state index contributed by atoms with van der Waals surface area (Å²) in [6.07, 6.45) is 0.774. The van der Waals surface area contributed by atoms with Crippen molar-refractivity contribution in [3.8, 4) is 0 Å². The Kier molecular flexibility index (Phi) is 3.88. The lowest BCUT2D eigenvalue weighted by Gasteiger charge is -1.98. The van der Waals surface area contributed by atoms with Gasteiger partial charge in [-0.1, -0.05) is 0 Å². The smallest absolute Gasteiger partial charge is 0.373 e. The molecule has 0 fully saturated rings. The van der Waals surface area contributed by atoms with Crippen LogP contribution in [-0.4, -0.2) is 23.5 Å². The van der Waals surface area contributed by atoms with E-state index < -0.39 is 17.5 Å². The molecular weight excluding hydrogens is 212 g/mol. The molecule has 0 spiro atoms. The first-order valence-electron chi connectivity index (χ1n) is 4.73. The Bertz CT molecular complexity index is 427. The monoisotopic (exact) mass is 224 g/mol. The van der Waals surface area contributed by atoms with E-state index in [0.717, 1.165) is 6.08 Å². The van der Waals surface area contributed by atoms with E-state index in [0.29, 0.717) is 5.76 Å². The molecule has 0 radical (unpaired) electrons. The van der Waals surface area contributed by atoms with Gasteiger partial charge >= 0.3 is 5.97 Å². The first-order chi connectivity index (χ1) is 7.54. The minimum atomic E-state index is -0.931. The number of ketones is 1. The van der Waals surface area contributed by atoms with Gasteiger partial charge in [0.2, 0.25) is 11.5 Å². The van der Waals surface area contributed by atoms with Gasteiger partial charge in [-0.05, 0) is 26.0 Å². The van der Waals surface area contributed by atoms with E-state index in [1.54, 1.807) is 19.9 Å². The normalized spacial score (nSPS) is 11.2. The van der Waals surface area contributed by atoms with Crippen LogP contribution in [0.4, 0.5) is 0 Å². The molecule has 1 heterocycles. The number of hydrogen-bond acceptors (Lipinski definition) is 5. The maximum Gasteiger partial charge on any atom is 0.373 e. The summed E-state index contributed by atoms with van der Waals surface area (Å²) in [7, 11) is 0. The quantitative estimate of drug-likeness (QED) is 0.365. The number of allylic oxidation sites excluding steroid dienone is 1. The molecule has 86 valence electrons. The first-order valence-corrected chi connectivity index (χ1v) is 4.73. The number of furan rings is 1. The maximum absolute atomic E-state index is 11.4. The van der Waals surface area contributed by atoms with Crippen LogP contribution in [0.25, 0.3) is 0 Å². The number of carbonyl (C=O) groups excluding carboxylic acids is 2. The van der Waals surface area contributed by atoms with E-state index in [1.807, 2.05) is 0 Å². The molecule has 0 unspecified atom stereocenters. The number of aliphatic hydroxyl groups excluding tert-OH is 1. The van der Waals surface area contributed by atoms with Crippen molar-refractivity contribution in [1.82, 2.24) is 0 Å². The largest absolute Gasteiger partial charge is 0.502 e. The molecule has 1 aromatic heterocycles. The molecule has 0 aliphatic heterocycles. The lowest BCUT2D eigenvalue weighted by Crippen LogP contribution is -2.09. The van der Waals surface area contributed by atoms with Gasteiger partial charge in [0.05, 0.1) is 6.61 Å². The van der Waals surface area contributed by atoms with Crippen molar-refractivity contribution in [2.75, 3.05) is 6.61 Å². The molecule has 5 heteroatoms. The Morgan fingerprint density at radius 2 is 2.19 bits per heavy atom. The van der Waals surface area contributed by atoms with Crippen LogP contribution in [0, 0.1) is 6.92 Å². The third-order valence-corrected chi connectivity index (χ3v) is 1.74. The van der Waals surface area contributed by atoms with Gasteiger partial charge in [-0.3, -0.25) is 4.79 Å². The highest BCUT2D eigenvalue weighted by molar-refractivity contribution is 6.06. The van der Waals surface area contributed by atoms with Gasteiger partial charge in [0.25, 0.3) is 0 Å². The average molecular weight is 224 g/mol. The van der Waals surface area contributed by atoms with E-state index >= 15 is 0 Å². The topological polar surface area (TPSA) is 76.7 Å². The third kappa shape index (κ3) is 2.98. The fourth-order valence-electron chi connectivity index (χ4n) is 1.03. The highest BCUT2D eigenvalue weighted by Gasteiger charge is 2.13. The van der Waals surface area contributed by atoms with Crippen LogP contribution in [0.15, 0.2) is 28.4 Å². The van der Waals surface area contributed by atoms with Gasteiger partial charge in [-0.2, -0.15) is 0 Å². The van der Waals surface area contributed by atoms with Gasteiger partial charge in [0.15, 0.2) is 5.76 Å². The molecule has 0 saturated heterocycles. The van der Waals surface area contributed by atoms with Crippen LogP contribution < -0.4 is 0 Å². The number of ether oxygens (including phenoxy) is 1. The highest BCUT2D eigenvalue weighted by atomic mass is 16.5. The Labute approximate surface area is 92.3 Å².